The van der Waals surface area contributed by atoms with Crippen LogP contribution in [0.5, 0.6) is 5.75 Å². The van der Waals surface area contributed by atoms with Gasteiger partial charge in [-0.25, -0.2) is 0 Å². The van der Waals surface area contributed by atoms with E-state index in [1.807, 2.05) is 32.0 Å². The minimum Gasteiger partial charge on any atom is -0.494 e. The van der Waals surface area contributed by atoms with Crippen LogP contribution in [-0.2, 0) is 6.54 Å². The van der Waals surface area contributed by atoms with Gasteiger partial charge in [0.05, 0.1) is 25.9 Å². The van der Waals surface area contributed by atoms with Crippen LogP contribution >= 0.6 is 0 Å². The lowest BCUT2D eigenvalue weighted by molar-refractivity contribution is 0.0801. The molecule has 10 heteroatoms. The predicted molar refractivity (Wildman–Crippen MR) is 128 cm³/mol. The fourth-order valence-electron chi connectivity index (χ4n) is 4.04. The summed E-state index contributed by atoms with van der Waals surface area (Å²) in [5, 5.41) is 25.0. The molecule has 1 aliphatic rings. The monoisotopic (exact) mass is 475 g/mol. The van der Waals surface area contributed by atoms with Crippen molar-refractivity contribution in [3.05, 3.63) is 35.2 Å². The number of aliphatic hydroxyl groups excluding tert-OH is 2. The molecule has 1 aliphatic heterocycles. The molecule has 1 aromatic carbocycles. The van der Waals surface area contributed by atoms with Crippen molar-refractivity contribution in [2.24, 2.45) is 5.92 Å². The van der Waals surface area contributed by atoms with Crippen molar-refractivity contribution < 1.29 is 24.3 Å². The Labute approximate surface area is 200 Å². The molecule has 0 bridgehead atoms. The van der Waals surface area contributed by atoms with Crippen molar-refractivity contribution in [1.29, 1.82) is 0 Å². The molecule has 0 radical (unpaired) electrons. The number of amides is 1. The van der Waals surface area contributed by atoms with E-state index in [1.54, 1.807) is 12.1 Å². The fourth-order valence-corrected chi connectivity index (χ4v) is 4.04. The Bertz CT molecular complexity index is 911. The third kappa shape index (κ3) is 7.68. The van der Waals surface area contributed by atoms with Gasteiger partial charge < -0.3 is 34.6 Å². The Kier molecular flexibility index (Phi) is 9.67. The summed E-state index contributed by atoms with van der Waals surface area (Å²) in [6.07, 6.45) is 3.33. The van der Waals surface area contributed by atoms with Crippen LogP contribution in [0.3, 0.4) is 0 Å². The van der Waals surface area contributed by atoms with Crippen LogP contribution < -0.4 is 15.0 Å². The van der Waals surface area contributed by atoms with Gasteiger partial charge >= 0.3 is 0 Å². The minimum atomic E-state index is -0.959. The molecule has 1 fully saturated rings. The number of hydrogen-bond donors (Lipinski definition) is 3. The zero-order valence-electron chi connectivity index (χ0n) is 20.4. The van der Waals surface area contributed by atoms with Crippen molar-refractivity contribution in [3.8, 4) is 5.75 Å². The van der Waals surface area contributed by atoms with Gasteiger partial charge in [0, 0.05) is 25.2 Å². The molecule has 34 heavy (non-hydrogen) atoms. The normalized spacial score (nSPS) is 15.5. The van der Waals surface area contributed by atoms with Crippen molar-refractivity contribution in [3.63, 3.8) is 0 Å². The van der Waals surface area contributed by atoms with Crippen LogP contribution in [0.2, 0.25) is 0 Å². The van der Waals surface area contributed by atoms with E-state index in [4.69, 9.17) is 14.4 Å². The second kappa shape index (κ2) is 12.7. The molecule has 1 saturated heterocycles. The number of carbonyl (C=O) groups is 1. The predicted octanol–water partition coefficient (Wildman–Crippen LogP) is 1.60. The first-order chi connectivity index (χ1) is 16.4. The second-order valence-corrected chi connectivity index (χ2v) is 9.17. The maximum Gasteiger partial charge on any atom is 0.266 e. The van der Waals surface area contributed by atoms with Crippen LogP contribution in [0, 0.1) is 12.8 Å². The van der Waals surface area contributed by atoms with E-state index >= 15 is 0 Å². The molecule has 0 spiro atoms. The SMILES string of the molecule is Cc1cc(OCCCC2CCN(c3noc(CN(C)C)n3)CC2)ccc1C(=O)NC[C@H](O)CO. The molecule has 1 amide bonds. The van der Waals surface area contributed by atoms with E-state index in [1.165, 1.54) is 0 Å². The highest BCUT2D eigenvalue weighted by Gasteiger charge is 2.22. The van der Waals surface area contributed by atoms with E-state index < -0.39 is 6.10 Å². The summed E-state index contributed by atoms with van der Waals surface area (Å²) >= 11 is 0. The molecule has 0 unspecified atom stereocenters. The Morgan fingerprint density at radius 1 is 1.35 bits per heavy atom. The van der Waals surface area contributed by atoms with E-state index in [9.17, 15) is 9.90 Å². The second-order valence-electron chi connectivity index (χ2n) is 9.17. The van der Waals surface area contributed by atoms with Crippen LogP contribution in [0.15, 0.2) is 22.7 Å². The number of ether oxygens (including phenoxy) is 1. The topological polar surface area (TPSA) is 124 Å². The summed E-state index contributed by atoms with van der Waals surface area (Å²) in [4.78, 5) is 20.9. The standard InChI is InChI=1S/C24H37N5O5/c1-17-13-20(6-7-21(17)23(32)25-14-19(31)16-30)33-12-4-5-18-8-10-29(11-9-18)24-26-22(34-27-24)15-28(2)3/h6-7,13,18-19,30-31H,4-5,8-12,14-16H2,1-3H3,(H,25,32)/t19-/m0/s1. The van der Waals surface area contributed by atoms with Gasteiger partial charge in [-0.2, -0.15) is 4.98 Å². The molecule has 1 aromatic heterocycles. The number of nitrogens with zero attached hydrogens (tertiary/aromatic N) is 4. The number of carbonyl (C=O) groups excluding carboxylic acids is 1. The molecular formula is C24H37N5O5. The number of aromatic nitrogens is 2. The highest BCUT2D eigenvalue weighted by atomic mass is 16.5. The number of aryl methyl sites for hydroxylation is 1. The van der Waals surface area contributed by atoms with Gasteiger partial charge in [-0.15, -0.1) is 0 Å². The third-order valence-corrected chi connectivity index (χ3v) is 5.98. The van der Waals surface area contributed by atoms with E-state index in [2.05, 4.69) is 20.4 Å². The average molecular weight is 476 g/mol. The number of rotatable bonds is 12. The molecule has 3 N–H and O–H groups in total. The molecule has 10 nitrogen and oxygen atoms in total. The van der Waals surface area contributed by atoms with Gasteiger partial charge in [0.1, 0.15) is 5.75 Å². The number of nitrogens with one attached hydrogen (secondary N) is 1. The first-order valence-corrected chi connectivity index (χ1v) is 11.9. The van der Waals surface area contributed by atoms with Crippen molar-refractivity contribution in [2.45, 2.75) is 45.3 Å². The average Bonchev–Trinajstić information content (AvgIpc) is 3.28. The van der Waals surface area contributed by atoms with Gasteiger partial charge in [0.25, 0.3) is 11.9 Å². The largest absolute Gasteiger partial charge is 0.494 e. The molecule has 188 valence electrons. The first kappa shape index (κ1) is 25.9. The molecule has 2 aromatic rings. The van der Waals surface area contributed by atoms with E-state index in [0.29, 0.717) is 36.5 Å². The molecule has 0 aliphatic carbocycles. The van der Waals surface area contributed by atoms with Crippen LogP contribution in [0.4, 0.5) is 5.95 Å². The Hall–Kier alpha value is -2.69. The number of anilines is 1. The molecule has 2 heterocycles. The smallest absolute Gasteiger partial charge is 0.266 e. The Morgan fingerprint density at radius 3 is 2.79 bits per heavy atom. The molecule has 1 atom stereocenters. The van der Waals surface area contributed by atoms with E-state index in [0.717, 1.165) is 50.1 Å². The lowest BCUT2D eigenvalue weighted by Gasteiger charge is -2.30. The zero-order valence-corrected chi connectivity index (χ0v) is 20.4. The first-order valence-electron chi connectivity index (χ1n) is 11.9. The maximum atomic E-state index is 12.2. The summed E-state index contributed by atoms with van der Waals surface area (Å²) in [7, 11) is 3.95. The van der Waals surface area contributed by atoms with Crippen LogP contribution in [0.25, 0.3) is 0 Å². The lowest BCUT2D eigenvalue weighted by Crippen LogP contribution is -2.34. The van der Waals surface area contributed by atoms with Gasteiger partial charge in [-0.1, -0.05) is 0 Å². The van der Waals surface area contributed by atoms with Gasteiger partial charge in [0.15, 0.2) is 0 Å². The highest BCUT2D eigenvalue weighted by Crippen LogP contribution is 2.25. The molecule has 0 saturated carbocycles. The lowest BCUT2D eigenvalue weighted by atomic mass is 9.92. The number of aliphatic hydroxyl groups is 2. The van der Waals surface area contributed by atoms with Crippen LogP contribution in [-0.4, -0.2) is 84.2 Å². The van der Waals surface area contributed by atoms with Gasteiger partial charge in [-0.05, 0) is 81.5 Å². The maximum absolute atomic E-state index is 12.2. The van der Waals surface area contributed by atoms with Crippen molar-refractivity contribution in [2.75, 3.05) is 51.8 Å². The summed E-state index contributed by atoms with van der Waals surface area (Å²) in [6.45, 7) is 4.63. The Balaban J connectivity index is 1.35. The highest BCUT2D eigenvalue weighted by molar-refractivity contribution is 5.95. The Morgan fingerprint density at radius 2 is 2.12 bits per heavy atom. The minimum absolute atomic E-state index is 0.0124. The molecule has 3 rings (SSSR count). The fraction of sp³-hybridized carbons (Fsp3) is 0.625. The van der Waals surface area contributed by atoms with E-state index in [-0.39, 0.29) is 19.1 Å². The molecular weight excluding hydrogens is 438 g/mol. The summed E-state index contributed by atoms with van der Waals surface area (Å²) in [5.41, 5.74) is 1.33. The summed E-state index contributed by atoms with van der Waals surface area (Å²) in [6, 6.07) is 5.37. The number of hydrogen-bond acceptors (Lipinski definition) is 9. The van der Waals surface area contributed by atoms with Crippen LogP contribution in [0.1, 0.15) is 47.5 Å². The van der Waals surface area contributed by atoms with Crippen molar-refractivity contribution in [1.82, 2.24) is 20.4 Å². The third-order valence-electron chi connectivity index (χ3n) is 5.98. The van der Waals surface area contributed by atoms with Gasteiger partial charge in [0.2, 0.25) is 5.89 Å². The quantitative estimate of drug-likeness (QED) is 0.393. The summed E-state index contributed by atoms with van der Waals surface area (Å²) in [5.74, 6) is 2.46. The van der Waals surface area contributed by atoms with Gasteiger partial charge in [-0.3, -0.25) is 4.79 Å². The van der Waals surface area contributed by atoms with Crippen molar-refractivity contribution >= 4 is 11.9 Å². The number of piperidine rings is 1. The zero-order chi connectivity index (χ0) is 24.5. The number of benzene rings is 1. The summed E-state index contributed by atoms with van der Waals surface area (Å²) < 4.78 is 11.2.